The molecule has 0 radical (unpaired) electrons. The molecule has 2 rings (SSSR count). The lowest BCUT2D eigenvalue weighted by atomic mass is 10.1. The third-order valence-electron chi connectivity index (χ3n) is 2.33. The topological polar surface area (TPSA) is 32.6 Å². The molecule has 0 unspecified atom stereocenters. The number of hydrogen-bond acceptors (Lipinski definition) is 2. The predicted octanol–water partition coefficient (Wildman–Crippen LogP) is 2.12. The second-order valence-corrected chi connectivity index (χ2v) is 3.21. The van der Waals surface area contributed by atoms with E-state index in [1.807, 2.05) is 6.92 Å². The lowest BCUT2D eigenvalue weighted by Gasteiger charge is -1.99. The average Bonchev–Trinajstić information content (AvgIpc) is 2.46. The molecule has 0 spiro atoms. The summed E-state index contributed by atoms with van der Waals surface area (Å²) in [7, 11) is 0. The van der Waals surface area contributed by atoms with E-state index in [0.29, 0.717) is 0 Å². The zero-order chi connectivity index (χ0) is 8.55. The van der Waals surface area contributed by atoms with Crippen LogP contribution in [-0.2, 0) is 6.42 Å². The molecule has 0 fully saturated rings. The van der Waals surface area contributed by atoms with Gasteiger partial charge < -0.3 is 5.21 Å². The molecule has 1 N–H and O–H groups in total. The maximum absolute atomic E-state index is 8.69. The molecule has 12 heavy (non-hydrogen) atoms. The molecular weight excluding hydrogens is 150 g/mol. The molecule has 0 saturated heterocycles. The van der Waals surface area contributed by atoms with Gasteiger partial charge in [-0.05, 0) is 31.4 Å². The molecule has 0 atom stereocenters. The van der Waals surface area contributed by atoms with Crippen molar-refractivity contribution in [3.05, 3.63) is 34.9 Å². The zero-order valence-corrected chi connectivity index (χ0v) is 7.04. The third-order valence-corrected chi connectivity index (χ3v) is 2.33. The van der Waals surface area contributed by atoms with Gasteiger partial charge in [-0.3, -0.25) is 0 Å². The fourth-order valence-corrected chi connectivity index (χ4v) is 1.67. The van der Waals surface area contributed by atoms with Crippen LogP contribution in [0.4, 0.5) is 0 Å². The normalized spacial score (nSPS) is 18.2. The summed E-state index contributed by atoms with van der Waals surface area (Å²) in [6.45, 7) is 2.05. The Balaban J connectivity index is 2.57. The Morgan fingerprint density at radius 2 is 2.17 bits per heavy atom. The van der Waals surface area contributed by atoms with E-state index in [2.05, 4.69) is 23.4 Å². The van der Waals surface area contributed by atoms with E-state index < -0.39 is 0 Å². The van der Waals surface area contributed by atoms with Crippen molar-refractivity contribution in [3.63, 3.8) is 0 Å². The SMILES string of the molecule is Cc1ccc2c(c1)/C(=N\O)CC2. The van der Waals surface area contributed by atoms with Crippen molar-refractivity contribution >= 4 is 5.71 Å². The second-order valence-electron chi connectivity index (χ2n) is 3.21. The standard InChI is InChI=1S/C10H11NO/c1-7-2-3-8-4-5-10(11-12)9(8)6-7/h2-3,6,12H,4-5H2,1H3/b11-10-. The molecule has 0 amide bonds. The summed E-state index contributed by atoms with van der Waals surface area (Å²) in [6, 6.07) is 6.29. The second kappa shape index (κ2) is 2.63. The van der Waals surface area contributed by atoms with Crippen molar-refractivity contribution in [2.24, 2.45) is 5.16 Å². The van der Waals surface area contributed by atoms with Crippen LogP contribution in [0.3, 0.4) is 0 Å². The first-order chi connectivity index (χ1) is 5.81. The fraction of sp³-hybridized carbons (Fsp3) is 0.300. The van der Waals surface area contributed by atoms with Crippen LogP contribution in [0, 0.1) is 6.92 Å². The van der Waals surface area contributed by atoms with Crippen LogP contribution < -0.4 is 0 Å². The Hall–Kier alpha value is -1.31. The van der Waals surface area contributed by atoms with Crippen molar-refractivity contribution in [2.45, 2.75) is 19.8 Å². The number of nitrogens with zero attached hydrogens (tertiary/aromatic N) is 1. The van der Waals surface area contributed by atoms with Gasteiger partial charge >= 0.3 is 0 Å². The fourth-order valence-electron chi connectivity index (χ4n) is 1.67. The van der Waals surface area contributed by atoms with Crippen molar-refractivity contribution in [1.29, 1.82) is 0 Å². The van der Waals surface area contributed by atoms with E-state index in [-0.39, 0.29) is 0 Å². The van der Waals surface area contributed by atoms with Gasteiger partial charge in [0.2, 0.25) is 0 Å². The van der Waals surface area contributed by atoms with E-state index in [0.717, 1.165) is 24.1 Å². The van der Waals surface area contributed by atoms with Crippen molar-refractivity contribution < 1.29 is 5.21 Å². The number of aryl methyl sites for hydroxylation is 2. The van der Waals surface area contributed by atoms with Crippen molar-refractivity contribution in [2.75, 3.05) is 0 Å². The third kappa shape index (κ3) is 0.998. The highest BCUT2D eigenvalue weighted by molar-refractivity contribution is 6.04. The first-order valence-corrected chi connectivity index (χ1v) is 4.12. The first-order valence-electron chi connectivity index (χ1n) is 4.12. The highest BCUT2D eigenvalue weighted by Crippen LogP contribution is 2.23. The van der Waals surface area contributed by atoms with E-state index in [4.69, 9.17) is 5.21 Å². The van der Waals surface area contributed by atoms with Crippen LogP contribution in [0.5, 0.6) is 0 Å². The Bertz CT molecular complexity index is 342. The summed E-state index contributed by atoms with van der Waals surface area (Å²) in [4.78, 5) is 0. The molecule has 0 bridgehead atoms. The molecule has 62 valence electrons. The minimum Gasteiger partial charge on any atom is -0.411 e. The zero-order valence-electron chi connectivity index (χ0n) is 7.04. The molecule has 2 nitrogen and oxygen atoms in total. The van der Waals surface area contributed by atoms with Gasteiger partial charge in [0.25, 0.3) is 0 Å². The van der Waals surface area contributed by atoms with Gasteiger partial charge in [-0.2, -0.15) is 0 Å². The largest absolute Gasteiger partial charge is 0.411 e. The maximum Gasteiger partial charge on any atom is 0.0873 e. The summed E-state index contributed by atoms with van der Waals surface area (Å²) in [5.41, 5.74) is 4.47. The molecule has 0 heterocycles. The lowest BCUT2D eigenvalue weighted by Crippen LogP contribution is -1.93. The van der Waals surface area contributed by atoms with Gasteiger partial charge in [0.05, 0.1) is 5.71 Å². The molecule has 1 aliphatic rings. The molecule has 1 aromatic carbocycles. The quantitative estimate of drug-likeness (QED) is 0.458. The van der Waals surface area contributed by atoms with Gasteiger partial charge in [-0.25, -0.2) is 0 Å². The maximum atomic E-state index is 8.69. The molecular formula is C10H11NO. The van der Waals surface area contributed by atoms with Crippen molar-refractivity contribution in [1.82, 2.24) is 0 Å². The Labute approximate surface area is 71.5 Å². The minimum absolute atomic E-state index is 0.828. The molecule has 0 aliphatic heterocycles. The van der Waals surface area contributed by atoms with Crippen LogP contribution in [0.1, 0.15) is 23.1 Å². The van der Waals surface area contributed by atoms with Gasteiger partial charge in [-0.15, -0.1) is 0 Å². The number of benzene rings is 1. The van der Waals surface area contributed by atoms with Crippen molar-refractivity contribution in [3.8, 4) is 0 Å². The summed E-state index contributed by atoms with van der Waals surface area (Å²) in [5.74, 6) is 0. The Morgan fingerprint density at radius 3 is 2.92 bits per heavy atom. The molecule has 1 aromatic rings. The monoisotopic (exact) mass is 161 g/mol. The Kier molecular flexibility index (Phi) is 1.61. The van der Waals surface area contributed by atoms with Gasteiger partial charge in [0, 0.05) is 5.56 Å². The van der Waals surface area contributed by atoms with E-state index in [1.54, 1.807) is 0 Å². The number of rotatable bonds is 0. The summed E-state index contributed by atoms with van der Waals surface area (Å²) < 4.78 is 0. The molecule has 1 aliphatic carbocycles. The molecule has 0 saturated carbocycles. The van der Waals surface area contributed by atoms with Gasteiger partial charge in [0.15, 0.2) is 0 Å². The average molecular weight is 161 g/mol. The smallest absolute Gasteiger partial charge is 0.0873 e. The summed E-state index contributed by atoms with van der Waals surface area (Å²) >= 11 is 0. The molecule has 0 aromatic heterocycles. The van der Waals surface area contributed by atoms with Gasteiger partial charge in [0.1, 0.15) is 0 Å². The van der Waals surface area contributed by atoms with E-state index in [9.17, 15) is 0 Å². The van der Waals surface area contributed by atoms with Crippen LogP contribution in [0.25, 0.3) is 0 Å². The number of fused-ring (bicyclic) bond motifs is 1. The van der Waals surface area contributed by atoms with Crippen LogP contribution >= 0.6 is 0 Å². The first kappa shape index (κ1) is 7.35. The molecule has 2 heteroatoms. The van der Waals surface area contributed by atoms with Crippen LogP contribution in [0.15, 0.2) is 23.4 Å². The number of oxime groups is 1. The van der Waals surface area contributed by atoms with E-state index >= 15 is 0 Å². The summed E-state index contributed by atoms with van der Waals surface area (Å²) in [6.07, 6.45) is 1.88. The van der Waals surface area contributed by atoms with E-state index in [1.165, 1.54) is 11.1 Å². The summed E-state index contributed by atoms with van der Waals surface area (Å²) in [5, 5.41) is 12.0. The Morgan fingerprint density at radius 1 is 1.33 bits per heavy atom. The van der Waals surface area contributed by atoms with Crippen LogP contribution in [-0.4, -0.2) is 10.9 Å². The van der Waals surface area contributed by atoms with Gasteiger partial charge in [-0.1, -0.05) is 22.9 Å². The highest BCUT2D eigenvalue weighted by Gasteiger charge is 2.17. The predicted molar refractivity (Wildman–Crippen MR) is 47.8 cm³/mol. The minimum atomic E-state index is 0.828. The lowest BCUT2D eigenvalue weighted by molar-refractivity contribution is 0.318. The highest BCUT2D eigenvalue weighted by atomic mass is 16.4. The van der Waals surface area contributed by atoms with Crippen LogP contribution in [0.2, 0.25) is 0 Å². The number of hydrogen-bond donors (Lipinski definition) is 1.